The third kappa shape index (κ3) is 4.72. The molecular weight excluding hydrogens is 354 g/mol. The fraction of sp³-hybridized carbons (Fsp3) is 0.429. The van der Waals surface area contributed by atoms with Gasteiger partial charge in [0.25, 0.3) is 0 Å². The molecule has 0 atom stereocenters. The number of nitrogens with one attached hydrogen (secondary N) is 2. The van der Waals surface area contributed by atoms with Gasteiger partial charge in [-0.15, -0.1) is 0 Å². The Morgan fingerprint density at radius 2 is 2.11 bits per heavy atom. The zero-order valence-electron chi connectivity index (χ0n) is 17.0. The van der Waals surface area contributed by atoms with Gasteiger partial charge in [-0.1, -0.05) is 13.8 Å². The fourth-order valence-corrected chi connectivity index (χ4v) is 3.37. The molecule has 3 rings (SSSR count). The number of aromatic nitrogens is 3. The highest BCUT2D eigenvalue weighted by molar-refractivity contribution is 5.93. The summed E-state index contributed by atoms with van der Waals surface area (Å²) in [6.07, 6.45) is 3.60. The van der Waals surface area contributed by atoms with E-state index in [1.165, 1.54) is 5.69 Å². The van der Waals surface area contributed by atoms with Crippen LogP contribution in [-0.2, 0) is 24.4 Å². The normalized spacial score (nSPS) is 11.3. The Bertz CT molecular complexity index is 942. The zero-order valence-corrected chi connectivity index (χ0v) is 17.0. The van der Waals surface area contributed by atoms with E-state index in [9.17, 15) is 4.79 Å². The minimum atomic E-state index is -0.229. The average Bonchev–Trinajstić information content (AvgIpc) is 3.20. The smallest absolute Gasteiger partial charge is 0.319 e. The first-order valence-corrected chi connectivity index (χ1v) is 9.60. The summed E-state index contributed by atoms with van der Waals surface area (Å²) in [6.45, 7) is 9.19. The molecule has 7 heteroatoms. The standard InChI is InChI=1S/C21H29N5O2/c1-15(2)13-25-14-22-11-19(25)12-23-21(27)24-18-5-6-20-17(10-18)9-16(3)26(20)7-8-28-4/h5-6,9-11,14-15H,7-8,12-13H2,1-4H3,(H2,23,24,27). The summed E-state index contributed by atoms with van der Waals surface area (Å²) in [5.41, 5.74) is 4.07. The van der Waals surface area contributed by atoms with Crippen molar-refractivity contribution in [3.63, 3.8) is 0 Å². The maximum atomic E-state index is 12.3. The number of imidazole rings is 1. The van der Waals surface area contributed by atoms with Gasteiger partial charge in [-0.05, 0) is 37.1 Å². The second kappa shape index (κ2) is 8.93. The number of hydrogen-bond acceptors (Lipinski definition) is 3. The van der Waals surface area contributed by atoms with Crippen LogP contribution in [0.3, 0.4) is 0 Å². The summed E-state index contributed by atoms with van der Waals surface area (Å²) in [5, 5.41) is 6.92. The highest BCUT2D eigenvalue weighted by atomic mass is 16.5. The first kappa shape index (κ1) is 19.9. The monoisotopic (exact) mass is 383 g/mol. The topological polar surface area (TPSA) is 73.1 Å². The Morgan fingerprint density at radius 1 is 1.29 bits per heavy atom. The molecule has 0 bridgehead atoms. The van der Waals surface area contributed by atoms with E-state index in [2.05, 4.69) is 51.6 Å². The van der Waals surface area contributed by atoms with Crippen LogP contribution < -0.4 is 10.6 Å². The van der Waals surface area contributed by atoms with Gasteiger partial charge in [0.15, 0.2) is 0 Å². The molecule has 150 valence electrons. The molecule has 1 aromatic carbocycles. The number of ether oxygens (including phenoxy) is 1. The van der Waals surface area contributed by atoms with Crippen LogP contribution in [0.1, 0.15) is 25.2 Å². The number of urea groups is 1. The maximum absolute atomic E-state index is 12.3. The average molecular weight is 383 g/mol. The summed E-state index contributed by atoms with van der Waals surface area (Å²) in [7, 11) is 1.71. The predicted molar refractivity (Wildman–Crippen MR) is 111 cm³/mol. The molecule has 0 saturated carbocycles. The molecule has 3 aromatic rings. The van der Waals surface area contributed by atoms with Gasteiger partial charge >= 0.3 is 6.03 Å². The van der Waals surface area contributed by atoms with Crippen molar-refractivity contribution in [3.05, 3.63) is 48.2 Å². The molecule has 0 aliphatic heterocycles. The van der Waals surface area contributed by atoms with Gasteiger partial charge in [0, 0.05) is 48.7 Å². The SMILES string of the molecule is COCCn1c(C)cc2cc(NC(=O)NCc3cncn3CC(C)C)ccc21. The molecular formula is C21H29N5O2. The summed E-state index contributed by atoms with van der Waals surface area (Å²) in [5.74, 6) is 0.521. The Balaban J connectivity index is 1.63. The summed E-state index contributed by atoms with van der Waals surface area (Å²) < 4.78 is 9.48. The largest absolute Gasteiger partial charge is 0.383 e. The van der Waals surface area contributed by atoms with Crippen LogP contribution in [0.5, 0.6) is 0 Å². The van der Waals surface area contributed by atoms with E-state index in [4.69, 9.17) is 4.74 Å². The van der Waals surface area contributed by atoms with Crippen molar-refractivity contribution in [2.75, 3.05) is 19.0 Å². The quantitative estimate of drug-likeness (QED) is 0.622. The Hall–Kier alpha value is -2.80. The number of fused-ring (bicyclic) bond motifs is 1. The van der Waals surface area contributed by atoms with Crippen molar-refractivity contribution in [1.82, 2.24) is 19.4 Å². The van der Waals surface area contributed by atoms with Crippen LogP contribution in [0.2, 0.25) is 0 Å². The Morgan fingerprint density at radius 3 is 2.86 bits per heavy atom. The molecule has 2 heterocycles. The van der Waals surface area contributed by atoms with Gasteiger partial charge in [0.2, 0.25) is 0 Å². The van der Waals surface area contributed by atoms with E-state index < -0.39 is 0 Å². The van der Waals surface area contributed by atoms with Crippen LogP contribution in [0.4, 0.5) is 10.5 Å². The number of methoxy groups -OCH3 is 1. The van der Waals surface area contributed by atoms with Crippen LogP contribution in [-0.4, -0.2) is 33.9 Å². The lowest BCUT2D eigenvalue weighted by Crippen LogP contribution is -2.29. The lowest BCUT2D eigenvalue weighted by atomic mass is 10.2. The first-order chi connectivity index (χ1) is 13.5. The number of benzene rings is 1. The summed E-state index contributed by atoms with van der Waals surface area (Å²) >= 11 is 0. The van der Waals surface area contributed by atoms with E-state index in [1.54, 1.807) is 19.6 Å². The third-order valence-electron chi connectivity index (χ3n) is 4.68. The van der Waals surface area contributed by atoms with Gasteiger partial charge < -0.3 is 24.5 Å². The van der Waals surface area contributed by atoms with Crippen LogP contribution >= 0.6 is 0 Å². The van der Waals surface area contributed by atoms with Crippen molar-refractivity contribution < 1.29 is 9.53 Å². The minimum absolute atomic E-state index is 0.229. The molecule has 7 nitrogen and oxygen atoms in total. The van der Waals surface area contributed by atoms with E-state index in [-0.39, 0.29) is 6.03 Å². The molecule has 28 heavy (non-hydrogen) atoms. The number of amides is 2. The number of hydrogen-bond donors (Lipinski definition) is 2. The first-order valence-electron chi connectivity index (χ1n) is 9.60. The zero-order chi connectivity index (χ0) is 20.1. The number of rotatable bonds is 8. The molecule has 0 aliphatic rings. The van der Waals surface area contributed by atoms with Crippen molar-refractivity contribution in [3.8, 4) is 0 Å². The second-order valence-corrected chi connectivity index (χ2v) is 7.44. The highest BCUT2D eigenvalue weighted by Gasteiger charge is 2.09. The molecule has 2 aromatic heterocycles. The summed E-state index contributed by atoms with van der Waals surface area (Å²) in [6, 6.07) is 7.85. The van der Waals surface area contributed by atoms with E-state index in [0.717, 1.165) is 35.4 Å². The van der Waals surface area contributed by atoms with Crippen molar-refractivity contribution in [2.45, 2.75) is 40.4 Å². The van der Waals surface area contributed by atoms with Crippen molar-refractivity contribution >= 4 is 22.6 Å². The lowest BCUT2D eigenvalue weighted by molar-refractivity contribution is 0.188. The van der Waals surface area contributed by atoms with Crippen LogP contribution in [0.15, 0.2) is 36.8 Å². The van der Waals surface area contributed by atoms with Crippen LogP contribution in [0.25, 0.3) is 10.9 Å². The number of carbonyl (C=O) groups is 1. The summed E-state index contributed by atoms with van der Waals surface area (Å²) in [4.78, 5) is 16.5. The number of anilines is 1. The van der Waals surface area contributed by atoms with Gasteiger partial charge in [-0.2, -0.15) is 0 Å². The van der Waals surface area contributed by atoms with Crippen molar-refractivity contribution in [1.29, 1.82) is 0 Å². The Kier molecular flexibility index (Phi) is 6.36. The van der Waals surface area contributed by atoms with Crippen LogP contribution in [0, 0.1) is 12.8 Å². The van der Waals surface area contributed by atoms with Crippen molar-refractivity contribution in [2.24, 2.45) is 5.92 Å². The third-order valence-corrected chi connectivity index (χ3v) is 4.68. The Labute approximate surface area is 165 Å². The number of aryl methyl sites for hydroxylation is 1. The molecule has 0 aliphatic carbocycles. The van der Waals surface area contributed by atoms with Gasteiger partial charge in [0.1, 0.15) is 0 Å². The molecule has 0 unspecified atom stereocenters. The molecule has 0 spiro atoms. The second-order valence-electron chi connectivity index (χ2n) is 7.44. The number of nitrogens with zero attached hydrogens (tertiary/aromatic N) is 3. The van der Waals surface area contributed by atoms with Gasteiger partial charge in [-0.25, -0.2) is 9.78 Å². The predicted octanol–water partition coefficient (Wildman–Crippen LogP) is 3.77. The molecule has 0 fully saturated rings. The van der Waals surface area contributed by atoms with E-state index >= 15 is 0 Å². The van der Waals surface area contributed by atoms with E-state index in [1.807, 2.05) is 18.2 Å². The molecule has 0 radical (unpaired) electrons. The fourth-order valence-electron chi connectivity index (χ4n) is 3.37. The highest BCUT2D eigenvalue weighted by Crippen LogP contribution is 2.23. The molecule has 2 N–H and O–H groups in total. The van der Waals surface area contributed by atoms with Gasteiger partial charge in [0.05, 0.1) is 25.2 Å². The number of carbonyl (C=O) groups excluding carboxylic acids is 1. The maximum Gasteiger partial charge on any atom is 0.319 e. The molecule has 0 saturated heterocycles. The minimum Gasteiger partial charge on any atom is -0.383 e. The molecule has 2 amide bonds. The lowest BCUT2D eigenvalue weighted by Gasteiger charge is -2.12. The van der Waals surface area contributed by atoms with E-state index in [0.29, 0.717) is 19.1 Å². The van der Waals surface area contributed by atoms with Gasteiger partial charge in [-0.3, -0.25) is 0 Å².